The third kappa shape index (κ3) is 4.11. The number of hydrogen-bond acceptors (Lipinski definition) is 7. The van der Waals surface area contributed by atoms with Crippen molar-refractivity contribution in [1.29, 1.82) is 0 Å². The molecular weight excluding hydrogens is 374 g/mol. The van der Waals surface area contributed by atoms with Crippen molar-refractivity contribution < 1.29 is 23.8 Å². The highest BCUT2D eigenvalue weighted by molar-refractivity contribution is 6.04. The monoisotopic (exact) mass is 391 g/mol. The minimum atomic E-state index is -0.478. The van der Waals surface area contributed by atoms with Gasteiger partial charge in [0.2, 0.25) is 6.79 Å². The van der Waals surface area contributed by atoms with Crippen molar-refractivity contribution in [3.8, 4) is 11.5 Å². The molecule has 29 heavy (non-hydrogen) atoms. The number of carbonyl (C=O) groups is 2. The van der Waals surface area contributed by atoms with Crippen LogP contribution in [0.2, 0.25) is 0 Å². The molecule has 0 aliphatic carbocycles. The summed E-state index contributed by atoms with van der Waals surface area (Å²) < 4.78 is 15.4. The molecule has 0 atom stereocenters. The molecule has 1 amide bonds. The minimum absolute atomic E-state index is 0.204. The van der Waals surface area contributed by atoms with Crippen LogP contribution in [0, 0.1) is 0 Å². The minimum Gasteiger partial charge on any atom is -0.465 e. The molecule has 1 aliphatic heterocycles. The first-order valence-electron chi connectivity index (χ1n) is 8.75. The summed E-state index contributed by atoms with van der Waals surface area (Å²) in [4.78, 5) is 28.3. The molecule has 8 nitrogen and oxygen atoms in total. The molecular formula is C21H17N3O5. The lowest BCUT2D eigenvalue weighted by Crippen LogP contribution is -2.14. The average molecular weight is 391 g/mol. The Labute approximate surface area is 166 Å². The van der Waals surface area contributed by atoms with Gasteiger partial charge in [0.15, 0.2) is 11.5 Å². The number of benzene rings is 2. The van der Waals surface area contributed by atoms with Crippen molar-refractivity contribution in [3.63, 3.8) is 0 Å². The molecule has 8 heteroatoms. The van der Waals surface area contributed by atoms with Gasteiger partial charge in [0.1, 0.15) is 5.69 Å². The molecule has 1 aromatic heterocycles. The van der Waals surface area contributed by atoms with E-state index < -0.39 is 11.9 Å². The predicted molar refractivity (Wildman–Crippen MR) is 106 cm³/mol. The van der Waals surface area contributed by atoms with Crippen LogP contribution < -0.4 is 20.1 Å². The van der Waals surface area contributed by atoms with E-state index in [1.165, 1.54) is 13.3 Å². The van der Waals surface area contributed by atoms with Gasteiger partial charge in [0.05, 0.1) is 12.7 Å². The highest BCUT2D eigenvalue weighted by Crippen LogP contribution is 2.35. The van der Waals surface area contributed by atoms with Crippen molar-refractivity contribution >= 4 is 28.9 Å². The van der Waals surface area contributed by atoms with Crippen LogP contribution in [0.3, 0.4) is 0 Å². The van der Waals surface area contributed by atoms with Gasteiger partial charge < -0.3 is 24.8 Å². The number of nitrogens with zero attached hydrogens (tertiary/aromatic N) is 1. The van der Waals surface area contributed by atoms with Gasteiger partial charge in [-0.3, -0.25) is 9.78 Å². The summed E-state index contributed by atoms with van der Waals surface area (Å²) in [5.41, 5.74) is 2.51. The third-order valence-corrected chi connectivity index (χ3v) is 4.20. The van der Waals surface area contributed by atoms with Crippen LogP contribution in [0.25, 0.3) is 0 Å². The lowest BCUT2D eigenvalue weighted by molar-refractivity contribution is 0.0600. The van der Waals surface area contributed by atoms with Crippen molar-refractivity contribution in [2.45, 2.75) is 0 Å². The van der Waals surface area contributed by atoms with Crippen molar-refractivity contribution in [2.75, 3.05) is 24.5 Å². The fraction of sp³-hybridized carbons (Fsp3) is 0.0952. The molecule has 4 rings (SSSR count). The fourth-order valence-electron chi connectivity index (χ4n) is 2.81. The largest absolute Gasteiger partial charge is 0.465 e. The van der Waals surface area contributed by atoms with Gasteiger partial charge in [-0.15, -0.1) is 0 Å². The highest BCUT2D eigenvalue weighted by Gasteiger charge is 2.14. The number of hydrogen-bond donors (Lipinski definition) is 2. The Morgan fingerprint density at radius 3 is 2.66 bits per heavy atom. The molecule has 0 unspecified atom stereocenters. The summed E-state index contributed by atoms with van der Waals surface area (Å²) in [5.74, 6) is 0.475. The van der Waals surface area contributed by atoms with Crippen LogP contribution in [0.5, 0.6) is 11.5 Å². The van der Waals surface area contributed by atoms with Crippen LogP contribution in [-0.2, 0) is 4.74 Å². The molecule has 2 aromatic carbocycles. The van der Waals surface area contributed by atoms with Gasteiger partial charge in [-0.1, -0.05) is 6.07 Å². The van der Waals surface area contributed by atoms with E-state index in [-0.39, 0.29) is 12.5 Å². The number of pyridine rings is 1. The molecule has 0 spiro atoms. The zero-order chi connectivity index (χ0) is 20.2. The van der Waals surface area contributed by atoms with Gasteiger partial charge in [-0.05, 0) is 42.5 Å². The number of ether oxygens (including phenoxy) is 3. The number of carbonyl (C=O) groups excluding carboxylic acids is 2. The lowest BCUT2D eigenvalue weighted by Gasteiger charge is -2.10. The normalized spacial score (nSPS) is 11.6. The van der Waals surface area contributed by atoms with E-state index in [0.29, 0.717) is 28.4 Å². The summed E-state index contributed by atoms with van der Waals surface area (Å²) in [5, 5.41) is 5.94. The second-order valence-electron chi connectivity index (χ2n) is 6.15. The third-order valence-electron chi connectivity index (χ3n) is 4.20. The highest BCUT2D eigenvalue weighted by atomic mass is 16.7. The fourth-order valence-corrected chi connectivity index (χ4v) is 2.81. The molecule has 146 valence electrons. The van der Waals surface area contributed by atoms with Gasteiger partial charge >= 0.3 is 5.97 Å². The van der Waals surface area contributed by atoms with Crippen molar-refractivity contribution in [3.05, 3.63) is 72.1 Å². The van der Waals surface area contributed by atoms with Crippen LogP contribution >= 0.6 is 0 Å². The molecule has 0 fully saturated rings. The van der Waals surface area contributed by atoms with E-state index >= 15 is 0 Å². The lowest BCUT2D eigenvalue weighted by atomic mass is 10.2. The van der Waals surface area contributed by atoms with Crippen molar-refractivity contribution in [2.24, 2.45) is 0 Å². The SMILES string of the molecule is COC(=O)c1cccc(NC(=O)c2cc(Nc3ccc4c(c3)OCO4)ccn2)c1. The molecule has 2 N–H and O–H groups in total. The Bertz CT molecular complexity index is 1080. The quantitative estimate of drug-likeness (QED) is 0.641. The van der Waals surface area contributed by atoms with E-state index in [0.717, 1.165) is 5.69 Å². The van der Waals surface area contributed by atoms with E-state index in [1.807, 2.05) is 18.2 Å². The van der Waals surface area contributed by atoms with Crippen LogP contribution in [-0.4, -0.2) is 30.8 Å². The Hall–Kier alpha value is -4.07. The van der Waals surface area contributed by atoms with Gasteiger partial charge in [-0.2, -0.15) is 0 Å². The number of rotatable bonds is 5. The van der Waals surface area contributed by atoms with E-state index in [4.69, 9.17) is 14.2 Å². The smallest absolute Gasteiger partial charge is 0.337 e. The maximum atomic E-state index is 12.6. The summed E-state index contributed by atoms with van der Waals surface area (Å²) in [6.45, 7) is 0.204. The second kappa shape index (κ2) is 7.89. The first-order chi connectivity index (χ1) is 14.1. The molecule has 0 radical (unpaired) electrons. The molecule has 2 heterocycles. The standard InChI is InChI=1S/C21H17N3O5/c1-27-21(26)13-3-2-4-14(9-13)24-20(25)17-10-16(7-8-22-17)23-15-5-6-18-19(11-15)29-12-28-18/h2-11H,12H2,1H3,(H,22,23)(H,24,25). The number of esters is 1. The molecule has 0 saturated heterocycles. The summed E-state index contributed by atoms with van der Waals surface area (Å²) >= 11 is 0. The topological polar surface area (TPSA) is 98.8 Å². The zero-order valence-corrected chi connectivity index (χ0v) is 15.5. The van der Waals surface area contributed by atoms with Crippen LogP contribution in [0.15, 0.2) is 60.8 Å². The summed E-state index contributed by atoms with van der Waals surface area (Å²) in [7, 11) is 1.30. The second-order valence-corrected chi connectivity index (χ2v) is 6.15. The Morgan fingerprint density at radius 1 is 0.966 bits per heavy atom. The number of methoxy groups -OCH3 is 1. The molecule has 0 bridgehead atoms. The average Bonchev–Trinajstić information content (AvgIpc) is 3.21. The molecule has 1 aliphatic rings. The maximum Gasteiger partial charge on any atom is 0.337 e. The first kappa shape index (κ1) is 18.3. The molecule has 0 saturated carbocycles. The molecule has 3 aromatic rings. The predicted octanol–water partition coefficient (Wildman–Crippen LogP) is 3.59. The maximum absolute atomic E-state index is 12.6. The number of amides is 1. The number of anilines is 3. The Kier molecular flexibility index (Phi) is 4.98. The Morgan fingerprint density at radius 2 is 1.79 bits per heavy atom. The summed E-state index contributed by atoms with van der Waals surface area (Å²) in [6, 6.07) is 15.4. The number of nitrogens with one attached hydrogen (secondary N) is 2. The van der Waals surface area contributed by atoms with E-state index in [2.05, 4.69) is 15.6 Å². The number of aromatic nitrogens is 1. The van der Waals surface area contributed by atoms with Crippen molar-refractivity contribution in [1.82, 2.24) is 4.98 Å². The van der Waals surface area contributed by atoms with Gasteiger partial charge in [0.25, 0.3) is 5.91 Å². The van der Waals surface area contributed by atoms with Gasteiger partial charge in [-0.25, -0.2) is 4.79 Å². The Balaban J connectivity index is 1.48. The van der Waals surface area contributed by atoms with Crippen LogP contribution in [0.1, 0.15) is 20.8 Å². The summed E-state index contributed by atoms with van der Waals surface area (Å²) in [6.07, 6.45) is 1.54. The van der Waals surface area contributed by atoms with E-state index in [9.17, 15) is 9.59 Å². The van der Waals surface area contributed by atoms with E-state index in [1.54, 1.807) is 36.4 Å². The zero-order valence-electron chi connectivity index (χ0n) is 15.5. The first-order valence-corrected chi connectivity index (χ1v) is 8.75. The van der Waals surface area contributed by atoms with Crippen LogP contribution in [0.4, 0.5) is 17.1 Å². The van der Waals surface area contributed by atoms with Gasteiger partial charge in [0, 0.05) is 29.3 Å². The number of fused-ring (bicyclic) bond motifs is 1.